The average Bonchev–Trinajstić information content (AvgIpc) is 2.42. The molecule has 2 N–H and O–H groups in total. The minimum absolute atomic E-state index is 0.230. The van der Waals surface area contributed by atoms with Gasteiger partial charge in [0.05, 0.1) is 13.0 Å². The van der Waals surface area contributed by atoms with Crippen LogP contribution >= 0.6 is 0 Å². The van der Waals surface area contributed by atoms with E-state index in [0.717, 1.165) is 16.3 Å². The summed E-state index contributed by atoms with van der Waals surface area (Å²) < 4.78 is 4.86. The lowest BCUT2D eigenvalue weighted by Gasteiger charge is -2.04. The second-order valence-electron chi connectivity index (χ2n) is 4.06. The van der Waals surface area contributed by atoms with Crippen LogP contribution in [0, 0.1) is 0 Å². The van der Waals surface area contributed by atoms with Gasteiger partial charge < -0.3 is 10.5 Å². The van der Waals surface area contributed by atoms with Crippen molar-refractivity contribution in [2.24, 2.45) is 0 Å². The van der Waals surface area contributed by atoms with E-state index in [9.17, 15) is 4.79 Å². The van der Waals surface area contributed by atoms with Crippen LogP contribution in [0.1, 0.15) is 18.9 Å². The summed E-state index contributed by atoms with van der Waals surface area (Å²) in [5.41, 5.74) is 6.77. The zero-order chi connectivity index (χ0) is 13.7. The first-order chi connectivity index (χ1) is 9.22. The second-order valence-corrected chi connectivity index (χ2v) is 4.06. The first-order valence-electron chi connectivity index (χ1n) is 6.17. The Morgan fingerprint density at radius 2 is 2.11 bits per heavy atom. The zero-order valence-corrected chi connectivity index (χ0v) is 10.8. The van der Waals surface area contributed by atoms with Crippen molar-refractivity contribution < 1.29 is 9.53 Å². The number of fused-ring (bicyclic) bond motifs is 1. The van der Waals surface area contributed by atoms with Crippen LogP contribution in [0.2, 0.25) is 0 Å². The Kier molecular flexibility index (Phi) is 4.13. The molecule has 4 nitrogen and oxygen atoms in total. The van der Waals surface area contributed by atoms with E-state index < -0.39 is 0 Å². The Bertz CT molecular complexity index is 621. The predicted molar refractivity (Wildman–Crippen MR) is 76.4 cm³/mol. The molecule has 0 atom stereocenters. The lowest BCUT2D eigenvalue weighted by atomic mass is 10.1. The molecule has 2 rings (SSSR count). The molecule has 0 bridgehead atoms. The molecule has 0 saturated carbocycles. The van der Waals surface area contributed by atoms with Crippen molar-refractivity contribution in [1.29, 1.82) is 0 Å². The van der Waals surface area contributed by atoms with Crippen LogP contribution < -0.4 is 5.73 Å². The number of carbonyl (C=O) groups excluding carboxylic acids is 1. The Balaban J connectivity index is 2.24. The monoisotopic (exact) mass is 256 g/mol. The summed E-state index contributed by atoms with van der Waals surface area (Å²) in [5, 5.41) is 1.94. The summed E-state index contributed by atoms with van der Waals surface area (Å²) in [4.78, 5) is 15.4. The summed E-state index contributed by atoms with van der Waals surface area (Å²) in [5.74, 6) is 0.282. The van der Waals surface area contributed by atoms with Gasteiger partial charge in [-0.15, -0.1) is 0 Å². The van der Waals surface area contributed by atoms with Gasteiger partial charge in [0, 0.05) is 17.1 Å². The molecule has 1 heterocycles. The maximum Gasteiger partial charge on any atom is 0.309 e. The Labute approximate surface area is 111 Å². The summed E-state index contributed by atoms with van der Waals surface area (Å²) >= 11 is 0. The molecular formula is C15H16N2O2. The quantitative estimate of drug-likeness (QED) is 0.854. The molecule has 2 aromatic rings. The zero-order valence-electron chi connectivity index (χ0n) is 10.8. The molecule has 0 saturated heterocycles. The number of hydrogen-bond donors (Lipinski definition) is 1. The summed E-state index contributed by atoms with van der Waals surface area (Å²) in [6.45, 7) is 2.19. The highest BCUT2D eigenvalue weighted by molar-refractivity contribution is 5.96. The smallest absolute Gasteiger partial charge is 0.309 e. The van der Waals surface area contributed by atoms with Crippen molar-refractivity contribution in [3.63, 3.8) is 0 Å². The minimum atomic E-state index is -0.230. The Morgan fingerprint density at radius 3 is 2.84 bits per heavy atom. The van der Waals surface area contributed by atoms with Gasteiger partial charge in [-0.3, -0.25) is 4.79 Å². The molecule has 0 spiro atoms. The normalized spacial score (nSPS) is 11.0. The Morgan fingerprint density at radius 1 is 1.37 bits per heavy atom. The molecule has 0 radical (unpaired) electrons. The van der Waals surface area contributed by atoms with Crippen LogP contribution in [-0.4, -0.2) is 17.6 Å². The third-order valence-electron chi connectivity index (χ3n) is 2.74. The summed E-state index contributed by atoms with van der Waals surface area (Å²) in [6.07, 6.45) is 5.61. The number of pyridine rings is 1. The minimum Gasteiger partial charge on any atom is -0.466 e. The summed E-state index contributed by atoms with van der Waals surface area (Å²) in [7, 11) is 0. The fraction of sp³-hybridized carbons (Fsp3) is 0.200. The fourth-order valence-electron chi connectivity index (χ4n) is 1.87. The van der Waals surface area contributed by atoms with E-state index in [1.165, 1.54) is 0 Å². The van der Waals surface area contributed by atoms with Crippen molar-refractivity contribution in [2.45, 2.75) is 13.3 Å². The molecule has 19 heavy (non-hydrogen) atoms. The van der Waals surface area contributed by atoms with Crippen LogP contribution in [0.3, 0.4) is 0 Å². The number of nitrogens with zero attached hydrogens (tertiary/aromatic N) is 1. The molecule has 98 valence electrons. The highest BCUT2D eigenvalue weighted by Gasteiger charge is 2.02. The van der Waals surface area contributed by atoms with Gasteiger partial charge in [-0.2, -0.15) is 0 Å². The van der Waals surface area contributed by atoms with Crippen LogP contribution in [0.15, 0.2) is 36.5 Å². The number of nitrogens with two attached hydrogens (primary N) is 1. The van der Waals surface area contributed by atoms with Crippen molar-refractivity contribution in [2.75, 3.05) is 12.3 Å². The topological polar surface area (TPSA) is 65.2 Å². The number of ether oxygens (including phenoxy) is 1. The highest BCUT2D eigenvalue weighted by Crippen LogP contribution is 2.23. The van der Waals surface area contributed by atoms with Crippen LogP contribution in [0.25, 0.3) is 16.8 Å². The van der Waals surface area contributed by atoms with Crippen molar-refractivity contribution >= 4 is 28.6 Å². The van der Waals surface area contributed by atoms with Crippen molar-refractivity contribution in [3.8, 4) is 0 Å². The number of hydrogen-bond acceptors (Lipinski definition) is 4. The second kappa shape index (κ2) is 6.00. The van der Waals surface area contributed by atoms with Crippen molar-refractivity contribution in [3.05, 3.63) is 42.1 Å². The number of anilines is 1. The molecule has 0 aliphatic carbocycles. The molecule has 0 unspecified atom stereocenters. The number of benzene rings is 1. The largest absolute Gasteiger partial charge is 0.466 e. The molecule has 0 aliphatic rings. The van der Waals surface area contributed by atoms with Gasteiger partial charge >= 0.3 is 5.97 Å². The number of nitrogen functional groups attached to an aromatic ring is 1. The fourth-order valence-corrected chi connectivity index (χ4v) is 1.87. The molecular weight excluding hydrogens is 240 g/mol. The van der Waals surface area contributed by atoms with E-state index in [2.05, 4.69) is 4.98 Å². The van der Waals surface area contributed by atoms with Crippen molar-refractivity contribution in [1.82, 2.24) is 4.98 Å². The van der Waals surface area contributed by atoms with Gasteiger partial charge in [-0.1, -0.05) is 36.4 Å². The van der Waals surface area contributed by atoms with Crippen LogP contribution in [-0.2, 0) is 9.53 Å². The number of carbonyl (C=O) groups is 1. The number of esters is 1. The predicted octanol–water partition coefficient (Wildman–Crippen LogP) is 2.78. The van der Waals surface area contributed by atoms with E-state index >= 15 is 0 Å². The highest BCUT2D eigenvalue weighted by atomic mass is 16.5. The number of aromatic nitrogens is 1. The average molecular weight is 256 g/mol. The van der Waals surface area contributed by atoms with Gasteiger partial charge in [-0.05, 0) is 12.3 Å². The Hall–Kier alpha value is -2.36. The molecule has 4 heteroatoms. The molecule has 0 aliphatic heterocycles. The maximum absolute atomic E-state index is 11.2. The maximum atomic E-state index is 11.2. The van der Waals surface area contributed by atoms with E-state index in [1.54, 1.807) is 19.2 Å². The third-order valence-corrected chi connectivity index (χ3v) is 2.74. The van der Waals surface area contributed by atoms with Crippen LogP contribution in [0.4, 0.5) is 5.82 Å². The number of rotatable bonds is 4. The van der Waals surface area contributed by atoms with E-state index in [-0.39, 0.29) is 12.4 Å². The molecule has 1 aromatic heterocycles. The van der Waals surface area contributed by atoms with E-state index in [0.29, 0.717) is 12.4 Å². The van der Waals surface area contributed by atoms with Crippen LogP contribution in [0.5, 0.6) is 0 Å². The third kappa shape index (κ3) is 3.10. The van der Waals surface area contributed by atoms with E-state index in [4.69, 9.17) is 10.5 Å². The molecule has 0 amide bonds. The van der Waals surface area contributed by atoms with Gasteiger partial charge in [0.15, 0.2) is 0 Å². The lowest BCUT2D eigenvalue weighted by Crippen LogP contribution is -2.01. The lowest BCUT2D eigenvalue weighted by molar-refractivity contribution is -0.142. The van der Waals surface area contributed by atoms with Gasteiger partial charge in [0.1, 0.15) is 5.82 Å². The first-order valence-corrected chi connectivity index (χ1v) is 6.17. The van der Waals surface area contributed by atoms with Gasteiger partial charge in [-0.25, -0.2) is 4.98 Å². The molecule has 1 aromatic carbocycles. The standard InChI is InChI=1S/C15H16N2O2/c1-2-19-14(18)9-5-6-11-10-17-15(16)13-8-4-3-7-12(11)13/h3-8,10H,2,9H2,1H3,(H2,16,17). The van der Waals surface area contributed by atoms with Gasteiger partial charge in [0.25, 0.3) is 0 Å². The van der Waals surface area contributed by atoms with Gasteiger partial charge in [0.2, 0.25) is 0 Å². The summed E-state index contributed by atoms with van der Waals surface area (Å²) in [6, 6.07) is 7.79. The van der Waals surface area contributed by atoms with E-state index in [1.807, 2.05) is 30.3 Å². The first kappa shape index (κ1) is 13.1. The molecule has 0 fully saturated rings. The SMILES string of the molecule is CCOC(=O)CC=Cc1cnc(N)c2ccccc12.